The molecular weight excluding hydrogens is 298 g/mol. The molecule has 0 saturated carbocycles. The Kier molecular flexibility index (Phi) is 8.71. The van der Waals surface area contributed by atoms with Crippen molar-refractivity contribution in [3.8, 4) is 0 Å². The summed E-state index contributed by atoms with van der Waals surface area (Å²) in [5.74, 6) is 0.588. The first-order chi connectivity index (χ1) is 11.5. The monoisotopic (exact) mass is 323 g/mol. The van der Waals surface area contributed by atoms with Crippen LogP contribution in [0.4, 0.5) is 5.82 Å². The average Bonchev–Trinajstić information content (AvgIpc) is 2.56. The highest BCUT2D eigenvalue weighted by Crippen LogP contribution is 1.98. The van der Waals surface area contributed by atoms with Crippen LogP contribution in [0.1, 0.15) is 22.5 Å². The standard InChI is InChI=1S/C7H9N.2C6H8N2/c1-6-3-4-8-7(2)5-6;1-5-2-3-8-6(7)4-5;7-5-6-3-1-2-4-8-6/h3-5H,1-2H3;2-4H,1H3,(H2,7,8);1-4H,5,7H2. The zero-order valence-electron chi connectivity index (χ0n) is 14.5. The van der Waals surface area contributed by atoms with Gasteiger partial charge in [-0.15, -0.1) is 0 Å². The van der Waals surface area contributed by atoms with Crippen molar-refractivity contribution in [2.24, 2.45) is 5.73 Å². The molecular formula is C19H25N5. The Morgan fingerprint density at radius 3 is 1.79 bits per heavy atom. The van der Waals surface area contributed by atoms with Crippen LogP contribution < -0.4 is 11.5 Å². The zero-order chi connectivity index (χ0) is 17.8. The molecule has 0 spiro atoms. The lowest BCUT2D eigenvalue weighted by molar-refractivity contribution is 0.991. The lowest BCUT2D eigenvalue weighted by atomic mass is 10.3. The summed E-state index contributed by atoms with van der Waals surface area (Å²) in [5.41, 5.74) is 15.1. The van der Waals surface area contributed by atoms with Gasteiger partial charge in [-0.3, -0.25) is 9.97 Å². The molecule has 4 N–H and O–H groups in total. The molecule has 0 aliphatic rings. The molecule has 0 aliphatic heterocycles. The lowest BCUT2D eigenvalue weighted by Crippen LogP contribution is -1.97. The number of aromatic nitrogens is 3. The molecule has 0 saturated heterocycles. The number of nitrogen functional groups attached to an aromatic ring is 1. The highest BCUT2D eigenvalue weighted by molar-refractivity contribution is 5.30. The van der Waals surface area contributed by atoms with Gasteiger partial charge in [0.1, 0.15) is 5.82 Å². The van der Waals surface area contributed by atoms with Crippen LogP contribution in [-0.4, -0.2) is 15.0 Å². The van der Waals surface area contributed by atoms with Gasteiger partial charge in [-0.05, 0) is 68.3 Å². The molecule has 3 aromatic rings. The predicted molar refractivity (Wildman–Crippen MR) is 99.2 cm³/mol. The molecule has 0 aliphatic carbocycles. The molecule has 24 heavy (non-hydrogen) atoms. The van der Waals surface area contributed by atoms with Crippen LogP contribution in [0, 0.1) is 20.8 Å². The summed E-state index contributed by atoms with van der Waals surface area (Å²) in [6.45, 7) is 6.57. The van der Waals surface area contributed by atoms with Gasteiger partial charge in [0, 0.05) is 30.8 Å². The van der Waals surface area contributed by atoms with E-state index in [9.17, 15) is 0 Å². The van der Waals surface area contributed by atoms with E-state index >= 15 is 0 Å². The van der Waals surface area contributed by atoms with E-state index in [1.54, 1.807) is 12.4 Å². The quantitative estimate of drug-likeness (QED) is 0.717. The second-order valence-corrected chi connectivity index (χ2v) is 5.26. The summed E-state index contributed by atoms with van der Waals surface area (Å²) in [6, 6.07) is 13.5. The summed E-state index contributed by atoms with van der Waals surface area (Å²) in [7, 11) is 0. The van der Waals surface area contributed by atoms with Crippen LogP contribution in [0.2, 0.25) is 0 Å². The van der Waals surface area contributed by atoms with Crippen LogP contribution in [0.25, 0.3) is 0 Å². The Morgan fingerprint density at radius 2 is 1.46 bits per heavy atom. The second kappa shape index (κ2) is 10.9. The molecule has 0 bridgehead atoms. The van der Waals surface area contributed by atoms with Gasteiger partial charge in [-0.2, -0.15) is 0 Å². The molecule has 3 heterocycles. The van der Waals surface area contributed by atoms with Gasteiger partial charge in [0.15, 0.2) is 0 Å². The Bertz CT molecular complexity index is 636. The molecule has 0 aromatic carbocycles. The fourth-order valence-electron chi connectivity index (χ4n) is 1.77. The summed E-state index contributed by atoms with van der Waals surface area (Å²) < 4.78 is 0. The third kappa shape index (κ3) is 8.60. The van der Waals surface area contributed by atoms with E-state index in [4.69, 9.17) is 11.5 Å². The molecule has 0 radical (unpaired) electrons. The molecule has 5 heteroatoms. The van der Waals surface area contributed by atoms with E-state index < -0.39 is 0 Å². The Balaban J connectivity index is 0.000000180. The van der Waals surface area contributed by atoms with E-state index in [1.165, 1.54) is 5.56 Å². The van der Waals surface area contributed by atoms with E-state index in [0.717, 1.165) is 17.0 Å². The molecule has 126 valence electrons. The third-order valence-electron chi connectivity index (χ3n) is 2.92. The summed E-state index contributed by atoms with van der Waals surface area (Å²) in [4.78, 5) is 11.8. The minimum atomic E-state index is 0.529. The van der Waals surface area contributed by atoms with Gasteiger partial charge in [0.05, 0.1) is 5.69 Å². The molecule has 3 rings (SSSR count). The number of aryl methyl sites for hydroxylation is 3. The van der Waals surface area contributed by atoms with Crippen molar-refractivity contribution in [3.63, 3.8) is 0 Å². The maximum atomic E-state index is 5.35. The Hall–Kier alpha value is -2.79. The van der Waals surface area contributed by atoms with E-state index in [2.05, 4.69) is 27.9 Å². The fraction of sp³-hybridized carbons (Fsp3) is 0.211. The van der Waals surface area contributed by atoms with Crippen molar-refractivity contribution in [3.05, 3.63) is 83.6 Å². The first-order valence-corrected chi connectivity index (χ1v) is 7.68. The number of pyridine rings is 3. The van der Waals surface area contributed by atoms with Crippen LogP contribution in [0.5, 0.6) is 0 Å². The van der Waals surface area contributed by atoms with E-state index in [1.807, 2.05) is 56.4 Å². The third-order valence-corrected chi connectivity index (χ3v) is 2.92. The normalized spacial score (nSPS) is 9.17. The van der Waals surface area contributed by atoms with Gasteiger partial charge in [-0.1, -0.05) is 6.07 Å². The van der Waals surface area contributed by atoms with Crippen molar-refractivity contribution < 1.29 is 0 Å². The number of anilines is 1. The van der Waals surface area contributed by atoms with Gasteiger partial charge in [0.2, 0.25) is 0 Å². The predicted octanol–water partition coefficient (Wildman–Crippen LogP) is 3.21. The van der Waals surface area contributed by atoms with Gasteiger partial charge in [-0.25, -0.2) is 4.98 Å². The average molecular weight is 323 g/mol. The van der Waals surface area contributed by atoms with Gasteiger partial charge < -0.3 is 11.5 Å². The SMILES string of the molecule is Cc1ccnc(C)c1.Cc1ccnc(N)c1.NCc1ccccn1. The maximum absolute atomic E-state index is 5.35. The van der Waals surface area contributed by atoms with Crippen molar-refractivity contribution in [1.29, 1.82) is 0 Å². The van der Waals surface area contributed by atoms with Gasteiger partial charge in [0.25, 0.3) is 0 Å². The first-order valence-electron chi connectivity index (χ1n) is 7.68. The Labute approximate surface area is 143 Å². The summed E-state index contributed by atoms with van der Waals surface area (Å²) in [5, 5.41) is 0. The molecule has 0 atom stereocenters. The minimum Gasteiger partial charge on any atom is -0.384 e. The molecule has 0 fully saturated rings. The maximum Gasteiger partial charge on any atom is 0.123 e. The van der Waals surface area contributed by atoms with Crippen molar-refractivity contribution >= 4 is 5.82 Å². The number of nitrogens with two attached hydrogens (primary N) is 2. The van der Waals surface area contributed by atoms with Crippen molar-refractivity contribution in [2.75, 3.05) is 5.73 Å². The number of hydrogen-bond donors (Lipinski definition) is 2. The number of rotatable bonds is 1. The van der Waals surface area contributed by atoms with Crippen LogP contribution >= 0.6 is 0 Å². The number of hydrogen-bond acceptors (Lipinski definition) is 5. The summed E-state index contributed by atoms with van der Waals surface area (Å²) in [6.07, 6.45) is 5.26. The highest BCUT2D eigenvalue weighted by Gasteiger charge is 1.83. The molecule has 5 nitrogen and oxygen atoms in total. The molecule has 0 unspecified atom stereocenters. The van der Waals surface area contributed by atoms with Crippen molar-refractivity contribution in [1.82, 2.24) is 15.0 Å². The van der Waals surface area contributed by atoms with E-state index in [0.29, 0.717) is 12.4 Å². The molecule has 0 amide bonds. The fourth-order valence-corrected chi connectivity index (χ4v) is 1.77. The minimum absolute atomic E-state index is 0.529. The van der Waals surface area contributed by atoms with Crippen LogP contribution in [0.3, 0.4) is 0 Å². The van der Waals surface area contributed by atoms with Crippen LogP contribution in [-0.2, 0) is 6.54 Å². The number of nitrogens with zero attached hydrogens (tertiary/aromatic N) is 3. The largest absolute Gasteiger partial charge is 0.384 e. The van der Waals surface area contributed by atoms with Crippen LogP contribution in [0.15, 0.2) is 61.1 Å². The smallest absolute Gasteiger partial charge is 0.123 e. The van der Waals surface area contributed by atoms with Crippen molar-refractivity contribution in [2.45, 2.75) is 27.3 Å². The van der Waals surface area contributed by atoms with E-state index in [-0.39, 0.29) is 0 Å². The summed E-state index contributed by atoms with van der Waals surface area (Å²) >= 11 is 0. The first kappa shape index (κ1) is 19.3. The van der Waals surface area contributed by atoms with Gasteiger partial charge >= 0.3 is 0 Å². The zero-order valence-corrected chi connectivity index (χ0v) is 14.5. The topological polar surface area (TPSA) is 90.7 Å². The highest BCUT2D eigenvalue weighted by atomic mass is 14.8. The molecule has 3 aromatic heterocycles. The second-order valence-electron chi connectivity index (χ2n) is 5.26. The lowest BCUT2D eigenvalue weighted by Gasteiger charge is -1.90. The Morgan fingerprint density at radius 1 is 0.792 bits per heavy atom.